The molecule has 3 aromatic rings. The second-order valence-corrected chi connectivity index (χ2v) is 4.88. The van der Waals surface area contributed by atoms with Crippen LogP contribution < -0.4 is 5.32 Å². The molecule has 2 heteroatoms. The van der Waals surface area contributed by atoms with Crippen LogP contribution in [0.2, 0.25) is 0 Å². The van der Waals surface area contributed by atoms with Gasteiger partial charge in [-0.25, -0.2) is 0 Å². The number of nitrogens with one attached hydrogen (secondary N) is 1. The summed E-state index contributed by atoms with van der Waals surface area (Å²) in [6.45, 7) is 0. The number of hydrogen-bond acceptors (Lipinski definition) is 2. The minimum Gasteiger partial charge on any atom is -0.384 e. The van der Waals surface area contributed by atoms with Crippen LogP contribution in [0.25, 0.3) is 10.8 Å². The summed E-state index contributed by atoms with van der Waals surface area (Å²) < 4.78 is 0. The molecule has 2 N–H and O–H groups in total. The highest BCUT2D eigenvalue weighted by atomic mass is 16.3. The molecule has 0 fully saturated rings. The van der Waals surface area contributed by atoms with Crippen molar-refractivity contribution in [3.05, 3.63) is 83.9 Å². The van der Waals surface area contributed by atoms with Gasteiger partial charge in [0.1, 0.15) is 6.10 Å². The maximum atomic E-state index is 10.5. The predicted octanol–water partition coefficient (Wildman–Crippen LogP) is 3.76. The van der Waals surface area contributed by atoms with Crippen LogP contribution in [0.1, 0.15) is 17.2 Å². The number of benzene rings is 3. The molecule has 0 spiro atoms. The summed E-state index contributed by atoms with van der Waals surface area (Å²) in [5.74, 6) is 0. The first-order valence-corrected chi connectivity index (χ1v) is 7.07. The topological polar surface area (TPSA) is 32.3 Å². The number of rotatable bonds is 2. The summed E-state index contributed by atoms with van der Waals surface area (Å²) in [6.07, 6.45) is -0.572. The lowest BCUT2D eigenvalue weighted by molar-refractivity contribution is 0.222. The van der Waals surface area contributed by atoms with Crippen molar-refractivity contribution in [3.8, 4) is 0 Å². The van der Waals surface area contributed by atoms with Gasteiger partial charge < -0.3 is 10.4 Å². The Morgan fingerprint density at radius 1 is 0.762 bits per heavy atom. The van der Waals surface area contributed by atoms with Gasteiger partial charge in [-0.3, -0.25) is 0 Å². The minimum atomic E-state index is -0.572. The Labute approximate surface area is 126 Å². The molecular formula is C19H21NO. The third kappa shape index (κ3) is 3.69. The maximum Gasteiger partial charge on any atom is 0.105 e. The van der Waals surface area contributed by atoms with E-state index in [1.165, 1.54) is 0 Å². The van der Waals surface area contributed by atoms with E-state index in [-0.39, 0.29) is 0 Å². The quantitative estimate of drug-likeness (QED) is 0.748. The lowest BCUT2D eigenvalue weighted by Gasteiger charge is -2.14. The van der Waals surface area contributed by atoms with E-state index in [0.29, 0.717) is 0 Å². The van der Waals surface area contributed by atoms with E-state index in [1.807, 2.05) is 68.7 Å². The van der Waals surface area contributed by atoms with E-state index >= 15 is 0 Å². The first-order chi connectivity index (χ1) is 10.3. The van der Waals surface area contributed by atoms with Gasteiger partial charge in [0.2, 0.25) is 0 Å². The molecule has 0 bridgehead atoms. The normalized spacial score (nSPS) is 11.6. The van der Waals surface area contributed by atoms with Crippen LogP contribution in [-0.4, -0.2) is 19.2 Å². The van der Waals surface area contributed by atoms with Crippen molar-refractivity contribution < 1.29 is 5.11 Å². The Bertz CT molecular complexity index is 674. The van der Waals surface area contributed by atoms with E-state index in [0.717, 1.165) is 21.9 Å². The highest BCUT2D eigenvalue weighted by molar-refractivity contribution is 5.86. The Hall–Kier alpha value is -2.16. The zero-order valence-electron chi connectivity index (χ0n) is 12.5. The Balaban J connectivity index is 0.000000497. The molecule has 0 aliphatic carbocycles. The molecule has 1 unspecified atom stereocenters. The highest BCUT2D eigenvalue weighted by Gasteiger charge is 2.12. The largest absolute Gasteiger partial charge is 0.384 e. The molecule has 0 radical (unpaired) electrons. The monoisotopic (exact) mass is 279 g/mol. The summed E-state index contributed by atoms with van der Waals surface area (Å²) in [5, 5.41) is 15.5. The molecule has 0 amide bonds. The molecule has 0 aliphatic rings. The number of hydrogen-bond donors (Lipinski definition) is 2. The molecule has 108 valence electrons. The average molecular weight is 279 g/mol. The fourth-order valence-electron chi connectivity index (χ4n) is 2.30. The second kappa shape index (κ2) is 7.58. The molecule has 1 atom stereocenters. The van der Waals surface area contributed by atoms with Crippen molar-refractivity contribution in [1.82, 2.24) is 5.32 Å². The van der Waals surface area contributed by atoms with E-state index < -0.39 is 6.10 Å². The summed E-state index contributed by atoms with van der Waals surface area (Å²) in [6, 6.07) is 23.9. The van der Waals surface area contributed by atoms with E-state index in [4.69, 9.17) is 0 Å². The molecule has 3 aromatic carbocycles. The number of fused-ring (bicyclic) bond motifs is 1. The predicted molar refractivity (Wildman–Crippen MR) is 89.4 cm³/mol. The minimum absolute atomic E-state index is 0.572. The van der Waals surface area contributed by atoms with Crippen LogP contribution in [0, 0.1) is 0 Å². The Morgan fingerprint density at radius 3 is 2.05 bits per heavy atom. The van der Waals surface area contributed by atoms with Crippen molar-refractivity contribution in [2.24, 2.45) is 0 Å². The van der Waals surface area contributed by atoms with Gasteiger partial charge in [0, 0.05) is 0 Å². The molecule has 0 heterocycles. The van der Waals surface area contributed by atoms with Crippen molar-refractivity contribution >= 4 is 10.8 Å². The van der Waals surface area contributed by atoms with E-state index in [2.05, 4.69) is 23.5 Å². The van der Waals surface area contributed by atoms with Gasteiger partial charge in [-0.05, 0) is 36.0 Å². The average Bonchev–Trinajstić information content (AvgIpc) is 2.55. The third-order valence-electron chi connectivity index (χ3n) is 3.23. The Morgan fingerprint density at radius 2 is 1.33 bits per heavy atom. The lowest BCUT2D eigenvalue weighted by Crippen LogP contribution is -1.99. The first kappa shape index (κ1) is 15.2. The highest BCUT2D eigenvalue weighted by Crippen LogP contribution is 2.28. The van der Waals surface area contributed by atoms with Gasteiger partial charge in [0.05, 0.1) is 0 Å². The molecule has 0 aliphatic heterocycles. The van der Waals surface area contributed by atoms with Crippen molar-refractivity contribution in [2.45, 2.75) is 6.10 Å². The standard InChI is InChI=1S/C17H14O.C2H7N/c18-17(14-8-2-1-3-9-14)16-12-6-10-13-7-4-5-11-15(13)16;1-3-2/h1-12,17-18H;3H,1-2H3. The van der Waals surface area contributed by atoms with E-state index in [1.54, 1.807) is 0 Å². The SMILES string of the molecule is CNC.OC(c1ccccc1)c1cccc2ccccc12. The van der Waals surface area contributed by atoms with Crippen molar-refractivity contribution in [1.29, 1.82) is 0 Å². The number of aliphatic hydroxyl groups is 1. The summed E-state index contributed by atoms with van der Waals surface area (Å²) in [4.78, 5) is 0. The fourth-order valence-corrected chi connectivity index (χ4v) is 2.30. The van der Waals surface area contributed by atoms with Gasteiger partial charge >= 0.3 is 0 Å². The zero-order chi connectivity index (χ0) is 15.1. The first-order valence-electron chi connectivity index (χ1n) is 7.07. The van der Waals surface area contributed by atoms with Gasteiger partial charge in [-0.1, -0.05) is 72.8 Å². The third-order valence-corrected chi connectivity index (χ3v) is 3.23. The van der Waals surface area contributed by atoms with Gasteiger partial charge in [0.15, 0.2) is 0 Å². The summed E-state index contributed by atoms with van der Waals surface area (Å²) in [5.41, 5.74) is 1.88. The van der Waals surface area contributed by atoms with Gasteiger partial charge in [-0.15, -0.1) is 0 Å². The van der Waals surface area contributed by atoms with Gasteiger partial charge in [-0.2, -0.15) is 0 Å². The van der Waals surface area contributed by atoms with Gasteiger partial charge in [0.25, 0.3) is 0 Å². The number of aliphatic hydroxyl groups excluding tert-OH is 1. The van der Waals surface area contributed by atoms with Crippen LogP contribution in [0.4, 0.5) is 0 Å². The fraction of sp³-hybridized carbons (Fsp3) is 0.158. The smallest absolute Gasteiger partial charge is 0.105 e. The van der Waals surface area contributed by atoms with Crippen LogP contribution in [0.15, 0.2) is 72.8 Å². The van der Waals surface area contributed by atoms with Crippen molar-refractivity contribution in [3.63, 3.8) is 0 Å². The molecule has 0 saturated heterocycles. The molecular weight excluding hydrogens is 258 g/mol. The van der Waals surface area contributed by atoms with Crippen LogP contribution in [0.5, 0.6) is 0 Å². The molecule has 21 heavy (non-hydrogen) atoms. The summed E-state index contributed by atoms with van der Waals surface area (Å²) in [7, 11) is 3.75. The lowest BCUT2D eigenvalue weighted by atomic mass is 9.96. The Kier molecular flexibility index (Phi) is 5.50. The summed E-state index contributed by atoms with van der Waals surface area (Å²) >= 11 is 0. The molecule has 0 aromatic heterocycles. The molecule has 2 nitrogen and oxygen atoms in total. The zero-order valence-corrected chi connectivity index (χ0v) is 12.5. The van der Waals surface area contributed by atoms with Crippen LogP contribution in [-0.2, 0) is 0 Å². The molecule has 0 saturated carbocycles. The van der Waals surface area contributed by atoms with E-state index in [9.17, 15) is 5.11 Å². The van der Waals surface area contributed by atoms with Crippen LogP contribution >= 0.6 is 0 Å². The van der Waals surface area contributed by atoms with Crippen LogP contribution in [0.3, 0.4) is 0 Å². The molecule has 3 rings (SSSR count). The maximum absolute atomic E-state index is 10.5. The van der Waals surface area contributed by atoms with Crippen molar-refractivity contribution in [2.75, 3.05) is 14.1 Å². The second-order valence-electron chi connectivity index (χ2n) is 4.88.